The van der Waals surface area contributed by atoms with Gasteiger partial charge in [-0.3, -0.25) is 0 Å². The molecule has 4 aromatic rings. The first-order valence-corrected chi connectivity index (χ1v) is 8.46. The zero-order valence-electron chi connectivity index (χ0n) is 14.4. The molecule has 128 valence electrons. The minimum atomic E-state index is 0.518. The topological polar surface area (TPSA) is 48.2 Å². The maximum absolute atomic E-state index is 5.80. The third-order valence-corrected chi connectivity index (χ3v) is 4.09. The van der Waals surface area contributed by atoms with E-state index in [9.17, 15) is 0 Å². The Kier molecular flexibility index (Phi) is 4.48. The summed E-state index contributed by atoms with van der Waals surface area (Å²) in [6, 6.07) is 25.8. The molecule has 0 atom stereocenters. The van der Waals surface area contributed by atoms with E-state index < -0.39 is 0 Å². The number of hydrogen-bond acceptors (Lipinski definition) is 4. The Bertz CT molecular complexity index is 975. The van der Waals surface area contributed by atoms with Crippen molar-refractivity contribution in [3.8, 4) is 28.6 Å². The summed E-state index contributed by atoms with van der Waals surface area (Å²) in [5.41, 5.74) is 4.13. The first-order chi connectivity index (χ1) is 12.8. The molecule has 0 fully saturated rings. The number of ether oxygens (including phenoxy) is 1. The third-order valence-electron chi connectivity index (χ3n) is 4.09. The van der Waals surface area contributed by atoms with Crippen LogP contribution in [0.15, 0.2) is 83.4 Å². The molecular weight excluding hydrogens is 324 g/mol. The van der Waals surface area contributed by atoms with E-state index in [1.165, 1.54) is 5.56 Å². The second-order valence-corrected chi connectivity index (χ2v) is 6.09. The fourth-order valence-corrected chi connectivity index (χ4v) is 2.60. The molecular formula is C22H18N2O2. The summed E-state index contributed by atoms with van der Waals surface area (Å²) in [5.74, 6) is 1.89. The molecule has 0 amide bonds. The normalized spacial score (nSPS) is 10.7. The van der Waals surface area contributed by atoms with Crippen LogP contribution in [0, 0.1) is 6.92 Å². The Balaban J connectivity index is 1.46. The standard InChI is InChI=1S/C22H18N2O2/c1-16-7-9-19(10-8-16)22-23-21(24-26-22)18-11-13-20(14-12-18)25-15-17-5-3-2-4-6-17/h2-14H,15H2,1H3. The van der Waals surface area contributed by atoms with E-state index in [2.05, 4.69) is 10.1 Å². The second kappa shape index (κ2) is 7.23. The van der Waals surface area contributed by atoms with Gasteiger partial charge in [0.1, 0.15) is 12.4 Å². The van der Waals surface area contributed by atoms with E-state index in [1.807, 2.05) is 85.8 Å². The lowest BCUT2D eigenvalue weighted by Gasteiger charge is -2.06. The number of hydrogen-bond donors (Lipinski definition) is 0. The highest BCUT2D eigenvalue weighted by atomic mass is 16.5. The molecule has 0 saturated heterocycles. The van der Waals surface area contributed by atoms with Crippen molar-refractivity contribution in [3.05, 3.63) is 90.0 Å². The SMILES string of the molecule is Cc1ccc(-c2nc(-c3ccc(OCc4ccccc4)cc3)no2)cc1. The molecule has 1 aromatic heterocycles. The molecule has 0 bridgehead atoms. The molecule has 0 saturated carbocycles. The Morgan fingerprint density at radius 2 is 1.50 bits per heavy atom. The Labute approximate surface area is 152 Å². The number of aryl methyl sites for hydroxylation is 1. The summed E-state index contributed by atoms with van der Waals surface area (Å²) >= 11 is 0. The smallest absolute Gasteiger partial charge is 0.258 e. The second-order valence-electron chi connectivity index (χ2n) is 6.09. The fourth-order valence-electron chi connectivity index (χ4n) is 2.60. The summed E-state index contributed by atoms with van der Waals surface area (Å²) in [7, 11) is 0. The number of rotatable bonds is 5. The lowest BCUT2D eigenvalue weighted by molar-refractivity contribution is 0.306. The Morgan fingerprint density at radius 3 is 2.23 bits per heavy atom. The van der Waals surface area contributed by atoms with Gasteiger partial charge in [0.25, 0.3) is 5.89 Å². The molecule has 0 N–H and O–H groups in total. The van der Waals surface area contributed by atoms with Crippen LogP contribution in [0.1, 0.15) is 11.1 Å². The van der Waals surface area contributed by atoms with Crippen LogP contribution in [0.25, 0.3) is 22.8 Å². The molecule has 4 rings (SSSR count). The van der Waals surface area contributed by atoms with Gasteiger partial charge in [-0.15, -0.1) is 0 Å². The largest absolute Gasteiger partial charge is 0.489 e. The molecule has 0 aliphatic heterocycles. The van der Waals surface area contributed by atoms with E-state index >= 15 is 0 Å². The van der Waals surface area contributed by atoms with Crippen molar-refractivity contribution < 1.29 is 9.26 Å². The van der Waals surface area contributed by atoms with Crippen molar-refractivity contribution in [2.45, 2.75) is 13.5 Å². The highest BCUT2D eigenvalue weighted by Gasteiger charge is 2.10. The minimum absolute atomic E-state index is 0.518. The lowest BCUT2D eigenvalue weighted by atomic mass is 10.1. The van der Waals surface area contributed by atoms with Crippen LogP contribution in [0.4, 0.5) is 0 Å². The van der Waals surface area contributed by atoms with E-state index in [4.69, 9.17) is 9.26 Å². The highest BCUT2D eigenvalue weighted by Crippen LogP contribution is 2.24. The quantitative estimate of drug-likeness (QED) is 0.494. The van der Waals surface area contributed by atoms with Crippen molar-refractivity contribution >= 4 is 0 Å². The third kappa shape index (κ3) is 3.64. The van der Waals surface area contributed by atoms with Crippen LogP contribution < -0.4 is 4.74 Å². The number of benzene rings is 3. The first kappa shape index (κ1) is 16.1. The van der Waals surface area contributed by atoms with Gasteiger partial charge in [0, 0.05) is 11.1 Å². The first-order valence-electron chi connectivity index (χ1n) is 8.46. The summed E-state index contributed by atoms with van der Waals surface area (Å²) < 4.78 is 11.2. The molecule has 4 heteroatoms. The van der Waals surface area contributed by atoms with Crippen LogP contribution in [0.2, 0.25) is 0 Å². The van der Waals surface area contributed by atoms with Gasteiger partial charge in [0.2, 0.25) is 5.82 Å². The zero-order valence-corrected chi connectivity index (χ0v) is 14.4. The number of nitrogens with zero attached hydrogens (tertiary/aromatic N) is 2. The molecule has 0 aliphatic carbocycles. The molecule has 0 spiro atoms. The molecule has 1 heterocycles. The average Bonchev–Trinajstić information content (AvgIpc) is 3.18. The van der Waals surface area contributed by atoms with E-state index in [0.29, 0.717) is 18.3 Å². The average molecular weight is 342 g/mol. The van der Waals surface area contributed by atoms with Crippen LogP contribution in [0.5, 0.6) is 5.75 Å². The summed E-state index contributed by atoms with van der Waals surface area (Å²) in [4.78, 5) is 4.49. The van der Waals surface area contributed by atoms with Gasteiger partial charge in [-0.25, -0.2) is 0 Å². The minimum Gasteiger partial charge on any atom is -0.489 e. The number of aromatic nitrogens is 2. The molecule has 0 aliphatic rings. The molecule has 4 nitrogen and oxygen atoms in total. The van der Waals surface area contributed by atoms with Gasteiger partial charge >= 0.3 is 0 Å². The Morgan fingerprint density at radius 1 is 0.808 bits per heavy atom. The van der Waals surface area contributed by atoms with Crippen LogP contribution in [0.3, 0.4) is 0 Å². The van der Waals surface area contributed by atoms with Crippen LogP contribution in [-0.2, 0) is 6.61 Å². The molecule has 0 radical (unpaired) electrons. The van der Waals surface area contributed by atoms with Gasteiger partial charge in [-0.2, -0.15) is 4.98 Å². The van der Waals surface area contributed by atoms with Crippen molar-refractivity contribution in [3.63, 3.8) is 0 Å². The van der Waals surface area contributed by atoms with E-state index in [1.54, 1.807) is 0 Å². The summed E-state index contributed by atoms with van der Waals surface area (Å²) in [6.07, 6.45) is 0. The summed E-state index contributed by atoms with van der Waals surface area (Å²) in [5, 5.41) is 4.08. The maximum atomic E-state index is 5.80. The van der Waals surface area contributed by atoms with Gasteiger partial charge < -0.3 is 9.26 Å². The monoisotopic (exact) mass is 342 g/mol. The maximum Gasteiger partial charge on any atom is 0.258 e. The van der Waals surface area contributed by atoms with Crippen molar-refractivity contribution in [2.75, 3.05) is 0 Å². The Hall–Kier alpha value is -3.40. The van der Waals surface area contributed by atoms with E-state index in [-0.39, 0.29) is 0 Å². The van der Waals surface area contributed by atoms with Gasteiger partial charge in [0.05, 0.1) is 0 Å². The van der Waals surface area contributed by atoms with E-state index in [0.717, 1.165) is 22.4 Å². The van der Waals surface area contributed by atoms with Gasteiger partial charge in [-0.1, -0.05) is 53.2 Å². The lowest BCUT2D eigenvalue weighted by Crippen LogP contribution is -1.94. The van der Waals surface area contributed by atoms with Crippen molar-refractivity contribution in [2.24, 2.45) is 0 Å². The predicted octanol–water partition coefficient (Wildman–Crippen LogP) is 5.29. The molecule has 3 aromatic carbocycles. The zero-order chi connectivity index (χ0) is 17.8. The fraction of sp³-hybridized carbons (Fsp3) is 0.0909. The van der Waals surface area contributed by atoms with Crippen molar-refractivity contribution in [1.82, 2.24) is 10.1 Å². The van der Waals surface area contributed by atoms with Crippen LogP contribution >= 0.6 is 0 Å². The predicted molar refractivity (Wildman–Crippen MR) is 101 cm³/mol. The van der Waals surface area contributed by atoms with Crippen LogP contribution in [-0.4, -0.2) is 10.1 Å². The van der Waals surface area contributed by atoms with Gasteiger partial charge in [-0.05, 0) is 48.9 Å². The molecule has 0 unspecified atom stereocenters. The summed E-state index contributed by atoms with van der Waals surface area (Å²) in [6.45, 7) is 2.59. The van der Waals surface area contributed by atoms with Gasteiger partial charge in [0.15, 0.2) is 0 Å². The van der Waals surface area contributed by atoms with Crippen molar-refractivity contribution in [1.29, 1.82) is 0 Å². The molecule has 26 heavy (non-hydrogen) atoms. The highest BCUT2D eigenvalue weighted by molar-refractivity contribution is 5.60.